The Morgan fingerprint density at radius 2 is 1.95 bits per heavy atom. The Balaban J connectivity index is 1.77. The largest absolute Gasteiger partial charge is 0.334 e. The molecule has 0 spiro atoms. The molecule has 3 nitrogen and oxygen atoms in total. The van der Waals surface area contributed by atoms with Crippen molar-refractivity contribution < 1.29 is 4.79 Å². The van der Waals surface area contributed by atoms with Crippen molar-refractivity contribution in [3.8, 4) is 0 Å². The van der Waals surface area contributed by atoms with Gasteiger partial charge in [0.15, 0.2) is 0 Å². The van der Waals surface area contributed by atoms with Gasteiger partial charge in [0, 0.05) is 24.4 Å². The van der Waals surface area contributed by atoms with Crippen molar-refractivity contribution in [1.82, 2.24) is 9.80 Å². The summed E-state index contributed by atoms with van der Waals surface area (Å²) in [6.45, 7) is 6.39. The molecular weight excluding hydrogens is 292 g/mol. The normalized spacial score (nSPS) is 23.5. The number of carbonyl (C=O) groups excluding carboxylic acids is 1. The summed E-state index contributed by atoms with van der Waals surface area (Å²) < 4.78 is 0. The summed E-state index contributed by atoms with van der Waals surface area (Å²) in [6, 6.07) is 8.35. The summed E-state index contributed by atoms with van der Waals surface area (Å²) in [4.78, 5) is 17.7. The Hall–Kier alpha value is -1.00. The van der Waals surface area contributed by atoms with Crippen LogP contribution < -0.4 is 0 Å². The fourth-order valence-corrected chi connectivity index (χ4v) is 4.54. The number of carbonyl (C=O) groups is 1. The zero-order valence-corrected chi connectivity index (χ0v) is 14.3. The van der Waals surface area contributed by atoms with Crippen molar-refractivity contribution >= 4 is 17.7 Å². The maximum absolute atomic E-state index is 13.1. The van der Waals surface area contributed by atoms with Crippen LogP contribution in [0.15, 0.2) is 24.3 Å². The standard InChI is InChI=1S/C18H26N2OS/c1-15-7-2-3-8-17(15)18(21)20-11-6-12-22-14-16(20)13-19-9-4-5-10-19/h2-3,7-8,16H,4-6,9-14H2,1H3. The summed E-state index contributed by atoms with van der Waals surface area (Å²) in [5.74, 6) is 2.48. The third kappa shape index (κ3) is 3.66. The molecule has 2 fully saturated rings. The van der Waals surface area contributed by atoms with Crippen molar-refractivity contribution in [2.75, 3.05) is 37.7 Å². The van der Waals surface area contributed by atoms with Gasteiger partial charge in [-0.1, -0.05) is 18.2 Å². The monoisotopic (exact) mass is 318 g/mol. The second kappa shape index (κ2) is 7.51. The van der Waals surface area contributed by atoms with E-state index in [1.807, 2.05) is 43.0 Å². The van der Waals surface area contributed by atoms with E-state index in [1.54, 1.807) is 0 Å². The van der Waals surface area contributed by atoms with Crippen LogP contribution in [-0.4, -0.2) is 59.4 Å². The highest BCUT2D eigenvalue weighted by Crippen LogP contribution is 2.22. The second-order valence-electron chi connectivity index (χ2n) is 6.40. The van der Waals surface area contributed by atoms with Gasteiger partial charge in [-0.2, -0.15) is 11.8 Å². The third-order valence-electron chi connectivity index (χ3n) is 4.74. The number of likely N-dealkylation sites (tertiary alicyclic amines) is 1. The molecule has 22 heavy (non-hydrogen) atoms. The molecule has 1 aromatic rings. The fourth-order valence-electron chi connectivity index (χ4n) is 3.48. The lowest BCUT2D eigenvalue weighted by molar-refractivity contribution is 0.0666. The molecule has 0 bridgehead atoms. The minimum atomic E-state index is 0.227. The number of amides is 1. The predicted octanol–water partition coefficient (Wildman–Crippen LogP) is 3.04. The van der Waals surface area contributed by atoms with Crippen LogP contribution in [0.5, 0.6) is 0 Å². The predicted molar refractivity (Wildman–Crippen MR) is 93.6 cm³/mol. The first-order chi connectivity index (χ1) is 10.8. The minimum absolute atomic E-state index is 0.227. The molecule has 1 aromatic carbocycles. The van der Waals surface area contributed by atoms with Crippen molar-refractivity contribution in [3.63, 3.8) is 0 Å². The van der Waals surface area contributed by atoms with Crippen molar-refractivity contribution in [2.45, 2.75) is 32.2 Å². The van der Waals surface area contributed by atoms with E-state index in [1.165, 1.54) is 31.7 Å². The van der Waals surface area contributed by atoms with E-state index in [0.29, 0.717) is 6.04 Å². The quantitative estimate of drug-likeness (QED) is 0.856. The summed E-state index contributed by atoms with van der Waals surface area (Å²) in [5, 5.41) is 0. The maximum Gasteiger partial charge on any atom is 0.254 e. The molecule has 1 amide bonds. The lowest BCUT2D eigenvalue weighted by atomic mass is 10.1. The van der Waals surface area contributed by atoms with Crippen LogP contribution in [0.2, 0.25) is 0 Å². The van der Waals surface area contributed by atoms with Gasteiger partial charge < -0.3 is 9.80 Å². The number of aryl methyl sites for hydroxylation is 1. The van der Waals surface area contributed by atoms with Gasteiger partial charge >= 0.3 is 0 Å². The molecule has 3 rings (SSSR count). The van der Waals surface area contributed by atoms with Gasteiger partial charge in [-0.3, -0.25) is 4.79 Å². The SMILES string of the molecule is Cc1ccccc1C(=O)N1CCCSCC1CN1CCCC1. The average Bonchev–Trinajstić information content (AvgIpc) is 2.92. The maximum atomic E-state index is 13.1. The van der Waals surface area contributed by atoms with Crippen LogP contribution in [0.3, 0.4) is 0 Å². The van der Waals surface area contributed by atoms with Crippen molar-refractivity contribution in [2.24, 2.45) is 0 Å². The lowest BCUT2D eigenvalue weighted by Gasteiger charge is -2.33. The molecule has 2 heterocycles. The Morgan fingerprint density at radius 1 is 1.18 bits per heavy atom. The van der Waals surface area contributed by atoms with Gasteiger partial charge in [0.1, 0.15) is 0 Å². The smallest absolute Gasteiger partial charge is 0.254 e. The van der Waals surface area contributed by atoms with E-state index in [9.17, 15) is 4.79 Å². The van der Waals surface area contributed by atoms with E-state index >= 15 is 0 Å². The molecule has 1 atom stereocenters. The van der Waals surface area contributed by atoms with Gasteiger partial charge in [-0.05, 0) is 56.7 Å². The number of rotatable bonds is 3. The minimum Gasteiger partial charge on any atom is -0.334 e. The van der Waals surface area contributed by atoms with Gasteiger partial charge in [-0.25, -0.2) is 0 Å². The summed E-state index contributed by atoms with van der Waals surface area (Å²) in [6.07, 6.45) is 3.73. The number of thioether (sulfide) groups is 1. The molecule has 2 aliphatic heterocycles. The van der Waals surface area contributed by atoms with Crippen molar-refractivity contribution in [1.29, 1.82) is 0 Å². The Labute approximate surface area is 138 Å². The van der Waals surface area contributed by atoms with E-state index in [2.05, 4.69) is 9.80 Å². The molecule has 0 radical (unpaired) electrons. The van der Waals surface area contributed by atoms with E-state index in [-0.39, 0.29) is 5.91 Å². The molecule has 4 heteroatoms. The zero-order valence-electron chi connectivity index (χ0n) is 13.5. The molecule has 0 aromatic heterocycles. The van der Waals surface area contributed by atoms with Crippen LogP contribution in [-0.2, 0) is 0 Å². The molecule has 120 valence electrons. The van der Waals surface area contributed by atoms with Crippen LogP contribution in [0.25, 0.3) is 0 Å². The summed E-state index contributed by atoms with van der Waals surface area (Å²) >= 11 is 2.01. The third-order valence-corrected chi connectivity index (χ3v) is 5.94. The number of hydrogen-bond donors (Lipinski definition) is 0. The first-order valence-electron chi connectivity index (χ1n) is 8.42. The summed E-state index contributed by atoms with van der Waals surface area (Å²) in [5.41, 5.74) is 1.96. The Bertz CT molecular complexity index is 514. The molecule has 1 unspecified atom stereocenters. The molecule has 2 saturated heterocycles. The van der Waals surface area contributed by atoms with Gasteiger partial charge in [0.05, 0.1) is 6.04 Å². The highest BCUT2D eigenvalue weighted by molar-refractivity contribution is 7.99. The number of hydrogen-bond acceptors (Lipinski definition) is 3. The number of benzene rings is 1. The molecule has 0 saturated carbocycles. The Kier molecular flexibility index (Phi) is 5.42. The molecule has 0 aliphatic carbocycles. The topological polar surface area (TPSA) is 23.6 Å². The van der Waals surface area contributed by atoms with Gasteiger partial charge in [0.2, 0.25) is 0 Å². The highest BCUT2D eigenvalue weighted by Gasteiger charge is 2.29. The molecular formula is C18H26N2OS. The highest BCUT2D eigenvalue weighted by atomic mass is 32.2. The first-order valence-corrected chi connectivity index (χ1v) is 9.58. The van der Waals surface area contributed by atoms with E-state index < -0.39 is 0 Å². The Morgan fingerprint density at radius 3 is 2.73 bits per heavy atom. The van der Waals surface area contributed by atoms with Crippen LogP contribution in [0.4, 0.5) is 0 Å². The van der Waals surface area contributed by atoms with E-state index in [0.717, 1.165) is 36.4 Å². The zero-order chi connectivity index (χ0) is 15.4. The average molecular weight is 318 g/mol. The van der Waals surface area contributed by atoms with Crippen molar-refractivity contribution in [3.05, 3.63) is 35.4 Å². The van der Waals surface area contributed by atoms with Gasteiger partial charge in [-0.15, -0.1) is 0 Å². The van der Waals surface area contributed by atoms with Crippen LogP contribution in [0.1, 0.15) is 35.2 Å². The van der Waals surface area contributed by atoms with Crippen LogP contribution >= 0.6 is 11.8 Å². The lowest BCUT2D eigenvalue weighted by Crippen LogP contribution is -2.47. The molecule has 2 aliphatic rings. The second-order valence-corrected chi connectivity index (χ2v) is 7.55. The fraction of sp³-hybridized carbons (Fsp3) is 0.611. The van der Waals surface area contributed by atoms with E-state index in [4.69, 9.17) is 0 Å². The summed E-state index contributed by atoms with van der Waals surface area (Å²) in [7, 11) is 0. The molecule has 0 N–H and O–H groups in total. The first kappa shape index (κ1) is 15.9. The van der Waals surface area contributed by atoms with Crippen LogP contribution in [0, 0.1) is 6.92 Å². The number of nitrogens with zero attached hydrogens (tertiary/aromatic N) is 2. The van der Waals surface area contributed by atoms with Gasteiger partial charge in [0.25, 0.3) is 5.91 Å².